The van der Waals surface area contributed by atoms with Gasteiger partial charge < -0.3 is 25.0 Å². The molecule has 0 saturated carbocycles. The van der Waals surface area contributed by atoms with Crippen LogP contribution in [0.5, 0.6) is 0 Å². The molecule has 0 aliphatic carbocycles. The highest BCUT2D eigenvalue weighted by atomic mass is 32.1. The largest absolute Gasteiger partial charge is 0.396 e. The standard InChI is InChI=1S/C22H26FN5O4S/c1-22(2,31)12-24-20(30)26-21-25-15-7-9-28(16(8-10-29)19(15)33-21)18-11-17(32-27-18)13-3-5-14(23)6-4-13/h3-6,11,16,29,31H,7-10,12H2,1-2H3,(H2,24,25,26,30)/t16-/m0/s1. The summed E-state index contributed by atoms with van der Waals surface area (Å²) in [5.41, 5.74) is 0.568. The number of fused-ring (bicyclic) bond motifs is 1. The van der Waals surface area contributed by atoms with E-state index >= 15 is 0 Å². The zero-order valence-electron chi connectivity index (χ0n) is 18.3. The third-order valence-corrected chi connectivity index (χ3v) is 6.34. The van der Waals surface area contributed by atoms with Crippen molar-refractivity contribution in [2.45, 2.75) is 38.3 Å². The summed E-state index contributed by atoms with van der Waals surface area (Å²) in [5.74, 6) is 0.811. The van der Waals surface area contributed by atoms with Gasteiger partial charge in [0.25, 0.3) is 0 Å². The molecule has 1 atom stereocenters. The van der Waals surface area contributed by atoms with Crippen LogP contribution < -0.4 is 15.5 Å². The molecule has 0 radical (unpaired) electrons. The van der Waals surface area contributed by atoms with Crippen LogP contribution in [-0.4, -0.2) is 51.7 Å². The van der Waals surface area contributed by atoms with E-state index < -0.39 is 11.6 Å². The summed E-state index contributed by atoms with van der Waals surface area (Å²) >= 11 is 1.35. The topological polar surface area (TPSA) is 124 Å². The zero-order valence-corrected chi connectivity index (χ0v) is 19.2. The summed E-state index contributed by atoms with van der Waals surface area (Å²) in [6.45, 7) is 3.90. The zero-order chi connectivity index (χ0) is 23.6. The van der Waals surface area contributed by atoms with Crippen LogP contribution >= 0.6 is 11.3 Å². The number of hydrogen-bond donors (Lipinski definition) is 4. The minimum atomic E-state index is -1.02. The number of aliphatic hydroxyl groups excluding tert-OH is 1. The molecule has 1 aliphatic heterocycles. The molecule has 4 rings (SSSR count). The number of amides is 2. The molecule has 1 aromatic carbocycles. The van der Waals surface area contributed by atoms with Gasteiger partial charge in [0.2, 0.25) is 0 Å². The first-order valence-electron chi connectivity index (χ1n) is 10.6. The number of urea groups is 1. The number of carbonyl (C=O) groups is 1. The summed E-state index contributed by atoms with van der Waals surface area (Å²) in [5, 5.41) is 29.4. The fourth-order valence-corrected chi connectivity index (χ4v) is 4.81. The van der Waals surface area contributed by atoms with Crippen molar-refractivity contribution in [1.82, 2.24) is 15.5 Å². The molecule has 9 nitrogen and oxygen atoms in total. The number of benzene rings is 1. The number of nitrogens with zero attached hydrogens (tertiary/aromatic N) is 3. The number of rotatable bonds is 7. The number of nitrogens with one attached hydrogen (secondary N) is 2. The van der Waals surface area contributed by atoms with Crippen LogP contribution in [0, 0.1) is 5.82 Å². The van der Waals surface area contributed by atoms with Crippen LogP contribution in [0.1, 0.15) is 36.9 Å². The Morgan fingerprint density at radius 2 is 2.12 bits per heavy atom. The summed E-state index contributed by atoms with van der Waals surface area (Å²) < 4.78 is 18.7. The smallest absolute Gasteiger partial charge is 0.321 e. The van der Waals surface area contributed by atoms with Crippen molar-refractivity contribution in [3.8, 4) is 11.3 Å². The van der Waals surface area contributed by atoms with E-state index in [4.69, 9.17) is 4.52 Å². The lowest BCUT2D eigenvalue weighted by atomic mass is 10.0. The molecule has 176 valence electrons. The number of carbonyl (C=O) groups excluding carboxylic acids is 1. The average Bonchev–Trinajstić information content (AvgIpc) is 3.40. The van der Waals surface area contributed by atoms with Gasteiger partial charge in [-0.25, -0.2) is 14.2 Å². The molecule has 0 unspecified atom stereocenters. The molecular formula is C22H26FN5O4S. The van der Waals surface area contributed by atoms with Crippen LogP contribution in [0.25, 0.3) is 11.3 Å². The number of halogens is 1. The molecule has 0 spiro atoms. The lowest BCUT2D eigenvalue weighted by Gasteiger charge is -2.34. The number of aliphatic hydroxyl groups is 2. The van der Waals surface area contributed by atoms with E-state index in [0.717, 1.165) is 10.6 Å². The molecule has 0 saturated heterocycles. The van der Waals surface area contributed by atoms with Gasteiger partial charge in [-0.1, -0.05) is 16.5 Å². The Hall–Kier alpha value is -3.02. The average molecular weight is 476 g/mol. The Kier molecular flexibility index (Phi) is 6.63. The maximum atomic E-state index is 13.2. The minimum Gasteiger partial charge on any atom is -0.396 e. The van der Waals surface area contributed by atoms with Crippen LogP contribution in [0.4, 0.5) is 20.1 Å². The van der Waals surface area contributed by atoms with Crippen molar-refractivity contribution < 1.29 is 23.9 Å². The molecule has 3 aromatic rings. The number of hydrogen-bond acceptors (Lipinski definition) is 8. The molecule has 2 aromatic heterocycles. The maximum Gasteiger partial charge on any atom is 0.321 e. The van der Waals surface area contributed by atoms with Crippen molar-refractivity contribution in [1.29, 1.82) is 0 Å². The monoisotopic (exact) mass is 475 g/mol. The molecule has 0 bridgehead atoms. The van der Waals surface area contributed by atoms with Gasteiger partial charge in [0, 0.05) is 37.7 Å². The lowest BCUT2D eigenvalue weighted by Crippen LogP contribution is -2.40. The molecule has 4 N–H and O–H groups in total. The number of thiazole rings is 1. The molecule has 1 aliphatic rings. The molecule has 2 amide bonds. The third-order valence-electron chi connectivity index (χ3n) is 5.22. The minimum absolute atomic E-state index is 0.0317. The van der Waals surface area contributed by atoms with Crippen LogP contribution in [0.15, 0.2) is 34.9 Å². The molecule has 3 heterocycles. The van der Waals surface area contributed by atoms with E-state index in [1.165, 1.54) is 23.5 Å². The van der Waals surface area contributed by atoms with Crippen LogP contribution in [-0.2, 0) is 6.42 Å². The number of aromatic nitrogens is 2. The normalized spacial score (nSPS) is 15.9. The fourth-order valence-electron chi connectivity index (χ4n) is 3.65. The summed E-state index contributed by atoms with van der Waals surface area (Å²) in [6, 6.07) is 7.15. The van der Waals surface area contributed by atoms with Gasteiger partial charge >= 0.3 is 6.03 Å². The SMILES string of the molecule is CC(C)(O)CNC(=O)Nc1nc2c(s1)[C@H](CCO)N(c1cc(-c3ccc(F)cc3)on1)CC2. The lowest BCUT2D eigenvalue weighted by molar-refractivity contribution is 0.0826. The summed E-state index contributed by atoms with van der Waals surface area (Å²) in [6.07, 6.45) is 1.09. The molecular weight excluding hydrogens is 449 g/mol. The van der Waals surface area contributed by atoms with E-state index in [1.807, 2.05) is 4.90 Å². The van der Waals surface area contributed by atoms with Gasteiger partial charge in [0.1, 0.15) is 5.82 Å². The Bertz CT molecular complexity index is 1110. The predicted octanol–water partition coefficient (Wildman–Crippen LogP) is 3.32. The Morgan fingerprint density at radius 1 is 1.36 bits per heavy atom. The number of anilines is 2. The van der Waals surface area contributed by atoms with Crippen molar-refractivity contribution in [2.24, 2.45) is 0 Å². The first-order valence-corrected chi connectivity index (χ1v) is 11.4. The first kappa shape index (κ1) is 23.1. The highest BCUT2D eigenvalue weighted by molar-refractivity contribution is 7.16. The molecule has 0 fully saturated rings. The van der Waals surface area contributed by atoms with Crippen molar-refractivity contribution >= 4 is 28.3 Å². The Morgan fingerprint density at radius 3 is 2.82 bits per heavy atom. The Balaban J connectivity index is 1.52. The van der Waals surface area contributed by atoms with E-state index in [0.29, 0.717) is 41.7 Å². The summed E-state index contributed by atoms with van der Waals surface area (Å²) in [7, 11) is 0. The maximum absolute atomic E-state index is 13.2. The fraction of sp³-hybridized carbons (Fsp3) is 0.409. The van der Waals surface area contributed by atoms with E-state index in [-0.39, 0.29) is 25.0 Å². The highest BCUT2D eigenvalue weighted by Gasteiger charge is 2.32. The molecule has 33 heavy (non-hydrogen) atoms. The van der Waals surface area contributed by atoms with E-state index in [2.05, 4.69) is 20.8 Å². The van der Waals surface area contributed by atoms with Gasteiger partial charge in [0.05, 0.1) is 22.2 Å². The van der Waals surface area contributed by atoms with Crippen LogP contribution in [0.3, 0.4) is 0 Å². The second-order valence-electron chi connectivity index (χ2n) is 8.48. The predicted molar refractivity (Wildman–Crippen MR) is 123 cm³/mol. The van der Waals surface area contributed by atoms with Gasteiger partial charge in [-0.15, -0.1) is 0 Å². The van der Waals surface area contributed by atoms with E-state index in [1.54, 1.807) is 32.0 Å². The van der Waals surface area contributed by atoms with Gasteiger partial charge in [-0.2, -0.15) is 0 Å². The quantitative estimate of drug-likeness (QED) is 0.413. The van der Waals surface area contributed by atoms with Crippen LogP contribution in [0.2, 0.25) is 0 Å². The van der Waals surface area contributed by atoms with Crippen molar-refractivity contribution in [2.75, 3.05) is 29.9 Å². The van der Waals surface area contributed by atoms with Gasteiger partial charge in [-0.05, 0) is 44.5 Å². The molecule has 11 heteroatoms. The van der Waals surface area contributed by atoms with Crippen molar-refractivity contribution in [3.05, 3.63) is 46.7 Å². The van der Waals surface area contributed by atoms with E-state index in [9.17, 15) is 19.4 Å². The van der Waals surface area contributed by atoms with Crippen molar-refractivity contribution in [3.63, 3.8) is 0 Å². The van der Waals surface area contributed by atoms with Gasteiger partial charge in [0.15, 0.2) is 16.7 Å². The Labute approximate surface area is 194 Å². The highest BCUT2D eigenvalue weighted by Crippen LogP contribution is 2.40. The second kappa shape index (κ2) is 9.46. The third kappa shape index (κ3) is 5.49. The first-order chi connectivity index (χ1) is 15.7. The second-order valence-corrected chi connectivity index (χ2v) is 9.51. The van der Waals surface area contributed by atoms with Gasteiger partial charge in [-0.3, -0.25) is 5.32 Å². The summed E-state index contributed by atoms with van der Waals surface area (Å²) in [4.78, 5) is 19.7.